The smallest absolute Gasteiger partial charge is 0.247 e. The average Bonchev–Trinajstić information content (AvgIpc) is 2.00. The van der Waals surface area contributed by atoms with Crippen LogP contribution in [0, 0.1) is 5.41 Å². The van der Waals surface area contributed by atoms with Crippen molar-refractivity contribution < 1.29 is 13.2 Å². The SMILES string of the molecule is CCC(C)(C)C(Br)C(=O)NS(C)(=O)=O. The summed E-state index contributed by atoms with van der Waals surface area (Å²) < 4.78 is 23.6. The van der Waals surface area contributed by atoms with E-state index in [1.807, 2.05) is 25.5 Å². The fraction of sp³-hybridized carbons (Fsp3) is 0.875. The first-order valence-electron chi connectivity index (χ1n) is 4.26. The number of carbonyl (C=O) groups is 1. The van der Waals surface area contributed by atoms with Gasteiger partial charge in [0.25, 0.3) is 0 Å². The molecular weight excluding hydrogens is 270 g/mol. The van der Waals surface area contributed by atoms with Crippen molar-refractivity contribution in [1.29, 1.82) is 0 Å². The molecule has 6 heteroatoms. The summed E-state index contributed by atoms with van der Waals surface area (Å²) in [4.78, 5) is 10.9. The van der Waals surface area contributed by atoms with Gasteiger partial charge in [0.2, 0.25) is 15.9 Å². The first kappa shape index (κ1) is 13.9. The van der Waals surface area contributed by atoms with Crippen molar-refractivity contribution in [2.75, 3.05) is 6.26 Å². The molecule has 1 amide bonds. The van der Waals surface area contributed by atoms with Crippen LogP contribution in [0.15, 0.2) is 0 Å². The molecule has 0 heterocycles. The van der Waals surface area contributed by atoms with Gasteiger partial charge in [-0.05, 0) is 11.8 Å². The number of hydrogen-bond donors (Lipinski definition) is 1. The van der Waals surface area contributed by atoms with E-state index in [1.54, 1.807) is 0 Å². The zero-order valence-electron chi connectivity index (χ0n) is 8.80. The first-order chi connectivity index (χ1) is 6.10. The molecule has 0 saturated carbocycles. The van der Waals surface area contributed by atoms with Crippen LogP contribution in [0.25, 0.3) is 0 Å². The van der Waals surface area contributed by atoms with Crippen molar-refractivity contribution in [3.63, 3.8) is 0 Å². The van der Waals surface area contributed by atoms with E-state index in [2.05, 4.69) is 15.9 Å². The molecule has 4 nitrogen and oxygen atoms in total. The van der Waals surface area contributed by atoms with Crippen LogP contribution in [0.4, 0.5) is 0 Å². The Morgan fingerprint density at radius 2 is 1.93 bits per heavy atom. The fourth-order valence-electron chi connectivity index (χ4n) is 0.769. The van der Waals surface area contributed by atoms with Crippen molar-refractivity contribution in [3.05, 3.63) is 0 Å². The molecule has 0 rings (SSSR count). The Balaban J connectivity index is 4.57. The molecule has 0 aromatic rings. The highest BCUT2D eigenvalue weighted by molar-refractivity contribution is 9.10. The quantitative estimate of drug-likeness (QED) is 0.791. The third kappa shape index (κ3) is 4.41. The van der Waals surface area contributed by atoms with Crippen LogP contribution in [0.5, 0.6) is 0 Å². The second kappa shape index (κ2) is 4.61. The number of rotatable bonds is 4. The third-order valence-corrected chi connectivity index (χ3v) is 4.34. The molecule has 1 atom stereocenters. The lowest BCUT2D eigenvalue weighted by Crippen LogP contribution is -2.42. The van der Waals surface area contributed by atoms with E-state index in [0.29, 0.717) is 0 Å². The average molecular weight is 286 g/mol. The van der Waals surface area contributed by atoms with Gasteiger partial charge in [-0.25, -0.2) is 8.42 Å². The van der Waals surface area contributed by atoms with E-state index >= 15 is 0 Å². The van der Waals surface area contributed by atoms with Crippen molar-refractivity contribution >= 4 is 31.9 Å². The zero-order valence-corrected chi connectivity index (χ0v) is 11.2. The maximum absolute atomic E-state index is 11.4. The standard InChI is InChI=1S/C8H16BrNO3S/c1-5-8(2,3)6(9)7(11)10-14(4,12)13/h6H,5H2,1-4H3,(H,10,11). The van der Waals surface area contributed by atoms with Gasteiger partial charge in [-0.3, -0.25) is 9.52 Å². The molecule has 0 saturated heterocycles. The van der Waals surface area contributed by atoms with Crippen molar-refractivity contribution in [2.24, 2.45) is 5.41 Å². The summed E-state index contributed by atoms with van der Waals surface area (Å²) in [6.45, 7) is 5.74. The van der Waals surface area contributed by atoms with Crippen LogP contribution in [-0.2, 0) is 14.8 Å². The molecule has 0 radical (unpaired) electrons. The monoisotopic (exact) mass is 285 g/mol. The third-order valence-electron chi connectivity index (χ3n) is 2.11. The van der Waals surface area contributed by atoms with Gasteiger partial charge in [-0.15, -0.1) is 0 Å². The fourth-order valence-corrected chi connectivity index (χ4v) is 1.84. The van der Waals surface area contributed by atoms with Gasteiger partial charge >= 0.3 is 0 Å². The van der Waals surface area contributed by atoms with E-state index < -0.39 is 20.8 Å². The molecule has 1 N–H and O–H groups in total. The van der Waals surface area contributed by atoms with Crippen LogP contribution in [-0.4, -0.2) is 25.4 Å². The van der Waals surface area contributed by atoms with Gasteiger partial charge < -0.3 is 0 Å². The van der Waals surface area contributed by atoms with Crippen molar-refractivity contribution in [2.45, 2.75) is 32.0 Å². The van der Waals surface area contributed by atoms with Gasteiger partial charge in [0, 0.05) is 0 Å². The largest absolute Gasteiger partial charge is 0.273 e. The van der Waals surface area contributed by atoms with E-state index in [1.165, 1.54) is 0 Å². The number of alkyl halides is 1. The predicted octanol–water partition coefficient (Wildman–Crippen LogP) is 1.26. The van der Waals surface area contributed by atoms with Gasteiger partial charge in [0.1, 0.15) is 0 Å². The van der Waals surface area contributed by atoms with Crippen LogP contribution < -0.4 is 4.72 Å². The molecule has 0 fully saturated rings. The summed E-state index contributed by atoms with van der Waals surface area (Å²) in [6, 6.07) is 0. The Labute approximate surface area is 93.6 Å². The highest BCUT2D eigenvalue weighted by atomic mass is 79.9. The van der Waals surface area contributed by atoms with E-state index in [0.717, 1.165) is 12.7 Å². The maximum Gasteiger partial charge on any atom is 0.247 e. The van der Waals surface area contributed by atoms with E-state index in [4.69, 9.17) is 0 Å². The maximum atomic E-state index is 11.4. The molecule has 0 aromatic carbocycles. The summed E-state index contributed by atoms with van der Waals surface area (Å²) in [5.74, 6) is -0.514. The lowest BCUT2D eigenvalue weighted by Gasteiger charge is -2.27. The number of hydrogen-bond acceptors (Lipinski definition) is 3. The van der Waals surface area contributed by atoms with E-state index in [-0.39, 0.29) is 5.41 Å². The number of sulfonamides is 1. The summed E-state index contributed by atoms with van der Waals surface area (Å²) in [5.41, 5.74) is -0.269. The summed E-state index contributed by atoms with van der Waals surface area (Å²) in [7, 11) is -3.47. The molecule has 84 valence electrons. The lowest BCUT2D eigenvalue weighted by atomic mass is 9.86. The second-order valence-electron chi connectivity index (χ2n) is 3.94. The summed E-state index contributed by atoms with van der Waals surface area (Å²) >= 11 is 3.20. The molecule has 0 aliphatic rings. The lowest BCUT2D eigenvalue weighted by molar-refractivity contribution is -0.120. The zero-order chi connectivity index (χ0) is 11.6. The molecule has 0 bridgehead atoms. The predicted molar refractivity (Wildman–Crippen MR) is 59.8 cm³/mol. The number of carbonyl (C=O) groups excluding carboxylic acids is 1. The topological polar surface area (TPSA) is 63.2 Å². The minimum absolute atomic E-state index is 0.269. The molecule has 14 heavy (non-hydrogen) atoms. The normalized spacial score (nSPS) is 14.9. The molecular formula is C8H16BrNO3S. The van der Waals surface area contributed by atoms with Crippen LogP contribution in [0.1, 0.15) is 27.2 Å². The molecule has 1 unspecified atom stereocenters. The Hall–Kier alpha value is -0.100. The number of nitrogens with one attached hydrogen (secondary N) is 1. The summed E-state index contributed by atoms with van der Waals surface area (Å²) in [5, 5.41) is 0. The minimum atomic E-state index is -3.47. The Morgan fingerprint density at radius 1 is 1.50 bits per heavy atom. The van der Waals surface area contributed by atoms with Crippen molar-refractivity contribution in [1.82, 2.24) is 4.72 Å². The Bertz CT molecular complexity index is 311. The van der Waals surface area contributed by atoms with E-state index in [9.17, 15) is 13.2 Å². The van der Waals surface area contributed by atoms with Crippen LogP contribution in [0.3, 0.4) is 0 Å². The summed E-state index contributed by atoms with van der Waals surface area (Å²) in [6.07, 6.45) is 1.74. The highest BCUT2D eigenvalue weighted by Gasteiger charge is 2.32. The Morgan fingerprint density at radius 3 is 2.21 bits per heavy atom. The van der Waals surface area contributed by atoms with Gasteiger partial charge in [0.05, 0.1) is 11.1 Å². The van der Waals surface area contributed by atoms with Crippen LogP contribution >= 0.6 is 15.9 Å². The van der Waals surface area contributed by atoms with Gasteiger partial charge in [-0.1, -0.05) is 36.7 Å². The molecule has 0 aliphatic carbocycles. The second-order valence-corrected chi connectivity index (χ2v) is 6.61. The molecule has 0 aliphatic heterocycles. The van der Waals surface area contributed by atoms with Gasteiger partial charge in [-0.2, -0.15) is 0 Å². The van der Waals surface area contributed by atoms with Crippen LogP contribution in [0.2, 0.25) is 0 Å². The molecule has 0 aromatic heterocycles. The highest BCUT2D eigenvalue weighted by Crippen LogP contribution is 2.30. The molecule has 0 spiro atoms. The van der Waals surface area contributed by atoms with Crippen molar-refractivity contribution in [3.8, 4) is 0 Å². The number of halogens is 1. The minimum Gasteiger partial charge on any atom is -0.273 e. The number of amides is 1. The Kier molecular flexibility index (Phi) is 4.58. The first-order valence-corrected chi connectivity index (χ1v) is 7.06. The van der Waals surface area contributed by atoms with Gasteiger partial charge in [0.15, 0.2) is 0 Å².